The lowest BCUT2D eigenvalue weighted by molar-refractivity contribution is -0.199. The maximum Gasteiger partial charge on any atom is 0.311 e. The average Bonchev–Trinajstić information content (AvgIpc) is 2.35. The van der Waals surface area contributed by atoms with Crippen LogP contribution < -0.4 is 0 Å². The summed E-state index contributed by atoms with van der Waals surface area (Å²) in [5.41, 5.74) is -0.997. The Morgan fingerprint density at radius 1 is 1.56 bits per heavy atom. The SMILES string of the molecule is C=CCOC(=O)C1CC(C)(C)N(O)C1(C)C. The smallest absolute Gasteiger partial charge is 0.311 e. The van der Waals surface area contributed by atoms with Crippen molar-refractivity contribution in [2.75, 3.05) is 6.61 Å². The molecule has 16 heavy (non-hydrogen) atoms. The Morgan fingerprint density at radius 2 is 2.12 bits per heavy atom. The summed E-state index contributed by atoms with van der Waals surface area (Å²) in [7, 11) is 0. The lowest BCUT2D eigenvalue weighted by Crippen LogP contribution is -2.48. The molecule has 0 aromatic rings. The number of rotatable bonds is 3. The van der Waals surface area contributed by atoms with Crippen molar-refractivity contribution in [3.8, 4) is 0 Å². The second-order valence-electron chi connectivity index (χ2n) is 5.45. The minimum atomic E-state index is -0.595. The van der Waals surface area contributed by atoms with Gasteiger partial charge < -0.3 is 9.94 Å². The number of carbonyl (C=O) groups is 1. The van der Waals surface area contributed by atoms with Crippen LogP contribution in [0.2, 0.25) is 0 Å². The molecule has 1 fully saturated rings. The number of hydroxylamine groups is 2. The fraction of sp³-hybridized carbons (Fsp3) is 0.750. The van der Waals surface area contributed by atoms with E-state index in [1.807, 2.05) is 27.7 Å². The topological polar surface area (TPSA) is 49.8 Å². The van der Waals surface area contributed by atoms with Gasteiger partial charge in [0.1, 0.15) is 6.61 Å². The van der Waals surface area contributed by atoms with Crippen LogP contribution in [0, 0.1) is 5.92 Å². The number of carbonyl (C=O) groups excluding carboxylic acids is 1. The molecule has 0 amide bonds. The van der Waals surface area contributed by atoms with Gasteiger partial charge in [-0.15, -0.1) is 0 Å². The van der Waals surface area contributed by atoms with E-state index in [9.17, 15) is 10.0 Å². The lowest BCUT2D eigenvalue weighted by atomic mass is 9.87. The third-order valence-corrected chi connectivity index (χ3v) is 3.30. The van der Waals surface area contributed by atoms with Crippen molar-refractivity contribution in [3.63, 3.8) is 0 Å². The standard InChI is InChI=1S/C12H21NO3/c1-6-7-16-10(14)9-8-11(2,3)13(15)12(9,4)5/h6,9,15H,1,7-8H2,2-5H3. The Hall–Kier alpha value is -0.870. The summed E-state index contributed by atoms with van der Waals surface area (Å²) in [5.74, 6) is -0.582. The van der Waals surface area contributed by atoms with E-state index in [2.05, 4.69) is 6.58 Å². The first-order valence-corrected chi connectivity index (χ1v) is 5.50. The number of hydrogen-bond donors (Lipinski definition) is 1. The Kier molecular flexibility index (Phi) is 3.45. The van der Waals surface area contributed by atoms with Crippen LogP contribution in [0.4, 0.5) is 0 Å². The minimum Gasteiger partial charge on any atom is -0.461 e. The van der Waals surface area contributed by atoms with E-state index in [0.717, 1.165) is 0 Å². The van der Waals surface area contributed by atoms with E-state index in [4.69, 9.17) is 4.74 Å². The van der Waals surface area contributed by atoms with Crippen molar-refractivity contribution < 1.29 is 14.7 Å². The van der Waals surface area contributed by atoms with Crippen molar-refractivity contribution in [3.05, 3.63) is 12.7 Å². The molecule has 1 aliphatic rings. The molecule has 1 aliphatic heterocycles. The van der Waals surface area contributed by atoms with Crippen LogP contribution in [0.5, 0.6) is 0 Å². The summed E-state index contributed by atoms with van der Waals surface area (Å²) in [4.78, 5) is 11.8. The number of esters is 1. The van der Waals surface area contributed by atoms with Gasteiger partial charge in [0.2, 0.25) is 0 Å². The van der Waals surface area contributed by atoms with Gasteiger partial charge in [-0.1, -0.05) is 12.7 Å². The van der Waals surface area contributed by atoms with Crippen LogP contribution in [0.25, 0.3) is 0 Å². The second-order valence-corrected chi connectivity index (χ2v) is 5.45. The van der Waals surface area contributed by atoms with E-state index in [1.165, 1.54) is 5.06 Å². The molecule has 0 spiro atoms. The molecule has 0 radical (unpaired) electrons. The van der Waals surface area contributed by atoms with Gasteiger partial charge >= 0.3 is 5.97 Å². The van der Waals surface area contributed by atoms with Crippen molar-refractivity contribution in [2.24, 2.45) is 5.92 Å². The summed E-state index contributed by atoms with van der Waals surface area (Å²) in [5, 5.41) is 11.3. The molecule has 0 bridgehead atoms. The molecule has 4 nitrogen and oxygen atoms in total. The van der Waals surface area contributed by atoms with Crippen LogP contribution in [-0.2, 0) is 9.53 Å². The monoisotopic (exact) mass is 227 g/mol. The zero-order valence-corrected chi connectivity index (χ0v) is 10.5. The fourth-order valence-corrected chi connectivity index (χ4v) is 2.38. The van der Waals surface area contributed by atoms with Gasteiger partial charge in [-0.2, -0.15) is 5.06 Å². The molecule has 4 heteroatoms. The molecule has 0 saturated carbocycles. The van der Waals surface area contributed by atoms with Crippen LogP contribution in [-0.4, -0.2) is 33.9 Å². The highest BCUT2D eigenvalue weighted by atomic mass is 16.5. The van der Waals surface area contributed by atoms with E-state index in [-0.39, 0.29) is 18.5 Å². The Morgan fingerprint density at radius 3 is 2.50 bits per heavy atom. The quantitative estimate of drug-likeness (QED) is 0.591. The van der Waals surface area contributed by atoms with E-state index < -0.39 is 11.1 Å². The summed E-state index contributed by atoms with van der Waals surface area (Å²) in [6.07, 6.45) is 2.13. The van der Waals surface area contributed by atoms with E-state index in [1.54, 1.807) is 6.08 Å². The molecule has 1 N–H and O–H groups in total. The predicted octanol–water partition coefficient (Wildman–Crippen LogP) is 1.98. The number of nitrogens with zero attached hydrogens (tertiary/aromatic N) is 1. The molecule has 1 rings (SSSR count). The highest BCUT2D eigenvalue weighted by Gasteiger charge is 2.54. The van der Waals surface area contributed by atoms with Crippen LogP contribution in [0.1, 0.15) is 34.1 Å². The fourth-order valence-electron chi connectivity index (χ4n) is 2.38. The van der Waals surface area contributed by atoms with Crippen molar-refractivity contribution in [1.29, 1.82) is 0 Å². The zero-order chi connectivity index (χ0) is 12.6. The molecule has 1 saturated heterocycles. The van der Waals surface area contributed by atoms with Gasteiger partial charge in [-0.05, 0) is 34.1 Å². The van der Waals surface area contributed by atoms with Gasteiger partial charge in [0, 0.05) is 5.54 Å². The first-order valence-electron chi connectivity index (χ1n) is 5.50. The summed E-state index contributed by atoms with van der Waals surface area (Å²) < 4.78 is 5.06. The summed E-state index contributed by atoms with van der Waals surface area (Å²) in [6.45, 7) is 11.2. The highest BCUT2D eigenvalue weighted by Crippen LogP contribution is 2.43. The zero-order valence-electron chi connectivity index (χ0n) is 10.5. The lowest BCUT2D eigenvalue weighted by Gasteiger charge is -2.35. The maximum atomic E-state index is 11.8. The van der Waals surface area contributed by atoms with Gasteiger partial charge in [-0.25, -0.2) is 0 Å². The van der Waals surface area contributed by atoms with Gasteiger partial charge in [0.05, 0.1) is 11.5 Å². The molecule has 92 valence electrons. The van der Waals surface area contributed by atoms with Crippen molar-refractivity contribution in [1.82, 2.24) is 5.06 Å². The van der Waals surface area contributed by atoms with Crippen LogP contribution >= 0.6 is 0 Å². The Labute approximate surface area is 96.8 Å². The highest BCUT2D eigenvalue weighted by molar-refractivity contribution is 5.74. The molecule has 0 aromatic carbocycles. The van der Waals surface area contributed by atoms with E-state index in [0.29, 0.717) is 6.42 Å². The molecule has 0 aromatic heterocycles. The average molecular weight is 227 g/mol. The third-order valence-electron chi connectivity index (χ3n) is 3.30. The largest absolute Gasteiger partial charge is 0.461 e. The Balaban J connectivity index is 2.82. The van der Waals surface area contributed by atoms with Gasteiger partial charge in [0.15, 0.2) is 0 Å². The Bertz CT molecular complexity index is 297. The molecule has 1 unspecified atom stereocenters. The molecular formula is C12H21NO3. The third kappa shape index (κ3) is 2.13. The van der Waals surface area contributed by atoms with E-state index >= 15 is 0 Å². The first kappa shape index (κ1) is 13.2. The number of hydrogen-bond acceptors (Lipinski definition) is 4. The summed E-state index contributed by atoms with van der Waals surface area (Å²) >= 11 is 0. The normalized spacial score (nSPS) is 27.7. The summed E-state index contributed by atoms with van der Waals surface area (Å²) in [6, 6.07) is 0. The van der Waals surface area contributed by atoms with Crippen molar-refractivity contribution in [2.45, 2.75) is 45.2 Å². The second kappa shape index (κ2) is 4.18. The van der Waals surface area contributed by atoms with Crippen molar-refractivity contribution >= 4 is 5.97 Å². The minimum absolute atomic E-state index is 0.220. The van der Waals surface area contributed by atoms with Crippen LogP contribution in [0.15, 0.2) is 12.7 Å². The molecular weight excluding hydrogens is 206 g/mol. The number of ether oxygens (including phenoxy) is 1. The first-order chi connectivity index (χ1) is 7.23. The predicted molar refractivity (Wildman–Crippen MR) is 61.0 cm³/mol. The van der Waals surface area contributed by atoms with Gasteiger partial charge in [0.25, 0.3) is 0 Å². The van der Waals surface area contributed by atoms with Crippen LogP contribution in [0.3, 0.4) is 0 Å². The maximum absolute atomic E-state index is 11.8. The molecule has 1 atom stereocenters. The van der Waals surface area contributed by atoms with Gasteiger partial charge in [-0.3, -0.25) is 4.79 Å². The molecule has 1 heterocycles. The molecule has 0 aliphatic carbocycles.